The van der Waals surface area contributed by atoms with E-state index in [1.54, 1.807) is 7.05 Å². The number of hydrogen-bond acceptors (Lipinski definition) is 3. The van der Waals surface area contributed by atoms with E-state index in [0.717, 1.165) is 32.4 Å². The Balaban J connectivity index is 1.67. The third kappa shape index (κ3) is 6.02. The third-order valence-corrected chi connectivity index (χ3v) is 4.37. The van der Waals surface area contributed by atoms with E-state index < -0.39 is 0 Å². The summed E-state index contributed by atoms with van der Waals surface area (Å²) >= 11 is 0. The molecule has 1 aliphatic heterocycles. The second-order valence-electron chi connectivity index (χ2n) is 6.14. The monoisotopic (exact) mass is 317 g/mol. The number of carbonyl (C=O) groups excluding carboxylic acids is 2. The summed E-state index contributed by atoms with van der Waals surface area (Å²) in [5.41, 5.74) is 1.37. The van der Waals surface area contributed by atoms with E-state index in [2.05, 4.69) is 34.9 Å². The summed E-state index contributed by atoms with van der Waals surface area (Å²) in [6, 6.07) is 10.5. The normalized spacial score (nSPS) is 15.4. The maximum Gasteiger partial charge on any atom is 0.241 e. The van der Waals surface area contributed by atoms with E-state index in [0.29, 0.717) is 18.9 Å². The predicted octanol–water partition coefficient (Wildman–Crippen LogP) is 1.19. The first-order valence-corrected chi connectivity index (χ1v) is 8.42. The summed E-state index contributed by atoms with van der Waals surface area (Å²) < 4.78 is 0. The molecule has 0 aliphatic carbocycles. The number of hydrogen-bond donors (Lipinski definition) is 2. The SMILES string of the molecule is CNCCC(=O)NCC(=O)N1CCC(Cc2ccccc2)CC1. The van der Waals surface area contributed by atoms with Gasteiger partial charge in [0.15, 0.2) is 0 Å². The van der Waals surface area contributed by atoms with Crippen molar-refractivity contribution in [3.8, 4) is 0 Å². The van der Waals surface area contributed by atoms with E-state index in [-0.39, 0.29) is 18.4 Å². The maximum atomic E-state index is 12.1. The molecule has 0 atom stereocenters. The molecule has 0 radical (unpaired) electrons. The van der Waals surface area contributed by atoms with E-state index >= 15 is 0 Å². The van der Waals surface area contributed by atoms with Crippen LogP contribution < -0.4 is 10.6 Å². The smallest absolute Gasteiger partial charge is 0.241 e. The highest BCUT2D eigenvalue weighted by Crippen LogP contribution is 2.21. The van der Waals surface area contributed by atoms with E-state index in [1.807, 2.05) is 11.0 Å². The Labute approximate surface area is 138 Å². The van der Waals surface area contributed by atoms with Gasteiger partial charge in [0.05, 0.1) is 6.54 Å². The molecular weight excluding hydrogens is 290 g/mol. The molecule has 1 heterocycles. The Morgan fingerprint density at radius 3 is 2.52 bits per heavy atom. The molecule has 5 heteroatoms. The van der Waals surface area contributed by atoms with Gasteiger partial charge in [-0.25, -0.2) is 0 Å². The minimum Gasteiger partial charge on any atom is -0.347 e. The maximum absolute atomic E-state index is 12.1. The predicted molar refractivity (Wildman–Crippen MR) is 91.0 cm³/mol. The number of nitrogens with zero attached hydrogens (tertiary/aromatic N) is 1. The molecule has 2 rings (SSSR count). The minimum absolute atomic E-state index is 0.0287. The van der Waals surface area contributed by atoms with Gasteiger partial charge in [-0.1, -0.05) is 30.3 Å². The van der Waals surface area contributed by atoms with Gasteiger partial charge < -0.3 is 15.5 Å². The van der Waals surface area contributed by atoms with Crippen molar-refractivity contribution < 1.29 is 9.59 Å². The Bertz CT molecular complexity index is 496. The molecule has 1 saturated heterocycles. The zero-order valence-corrected chi connectivity index (χ0v) is 13.9. The topological polar surface area (TPSA) is 61.4 Å². The van der Waals surface area contributed by atoms with Crippen LogP contribution in [0.2, 0.25) is 0 Å². The number of benzene rings is 1. The van der Waals surface area contributed by atoms with E-state index in [4.69, 9.17) is 0 Å². The van der Waals surface area contributed by atoms with Crippen molar-refractivity contribution in [3.63, 3.8) is 0 Å². The second kappa shape index (κ2) is 9.30. The van der Waals surface area contributed by atoms with Crippen molar-refractivity contribution in [3.05, 3.63) is 35.9 Å². The highest BCUT2D eigenvalue weighted by atomic mass is 16.2. The highest BCUT2D eigenvalue weighted by molar-refractivity contribution is 5.84. The van der Waals surface area contributed by atoms with Crippen LogP contribution in [0.3, 0.4) is 0 Å². The van der Waals surface area contributed by atoms with Crippen molar-refractivity contribution in [1.82, 2.24) is 15.5 Å². The third-order valence-electron chi connectivity index (χ3n) is 4.37. The summed E-state index contributed by atoms with van der Waals surface area (Å²) in [7, 11) is 1.80. The van der Waals surface area contributed by atoms with Crippen LogP contribution in [-0.4, -0.2) is 49.9 Å². The Kier molecular flexibility index (Phi) is 7.07. The number of amides is 2. The molecule has 5 nitrogen and oxygen atoms in total. The molecule has 126 valence electrons. The zero-order chi connectivity index (χ0) is 16.5. The number of piperidine rings is 1. The van der Waals surface area contributed by atoms with Crippen LogP contribution in [0.4, 0.5) is 0 Å². The lowest BCUT2D eigenvalue weighted by atomic mass is 9.90. The molecule has 1 aromatic rings. The molecule has 0 unspecified atom stereocenters. The van der Waals surface area contributed by atoms with Gasteiger partial charge in [0, 0.05) is 26.1 Å². The fraction of sp³-hybridized carbons (Fsp3) is 0.556. The first-order chi connectivity index (χ1) is 11.2. The molecule has 0 aromatic heterocycles. The van der Waals surface area contributed by atoms with Crippen LogP contribution in [0.1, 0.15) is 24.8 Å². The molecule has 2 N–H and O–H groups in total. The molecule has 23 heavy (non-hydrogen) atoms. The lowest BCUT2D eigenvalue weighted by molar-refractivity contribution is -0.134. The van der Waals surface area contributed by atoms with Gasteiger partial charge in [-0.3, -0.25) is 9.59 Å². The Morgan fingerprint density at radius 2 is 1.87 bits per heavy atom. The van der Waals surface area contributed by atoms with Gasteiger partial charge in [-0.15, -0.1) is 0 Å². The molecule has 0 spiro atoms. The number of rotatable bonds is 7. The molecule has 0 saturated carbocycles. The summed E-state index contributed by atoms with van der Waals surface area (Å²) in [6.07, 6.45) is 3.56. The van der Waals surface area contributed by atoms with E-state index in [9.17, 15) is 9.59 Å². The van der Waals surface area contributed by atoms with Crippen LogP contribution >= 0.6 is 0 Å². The summed E-state index contributed by atoms with van der Waals surface area (Å²) in [5, 5.41) is 5.61. The second-order valence-corrected chi connectivity index (χ2v) is 6.14. The average Bonchev–Trinajstić information content (AvgIpc) is 2.59. The van der Waals surface area contributed by atoms with Crippen LogP contribution in [0.5, 0.6) is 0 Å². The van der Waals surface area contributed by atoms with E-state index in [1.165, 1.54) is 5.56 Å². The minimum atomic E-state index is -0.0772. The summed E-state index contributed by atoms with van der Waals surface area (Å²) in [5.74, 6) is 0.597. The number of nitrogens with one attached hydrogen (secondary N) is 2. The van der Waals surface area contributed by atoms with Crippen molar-refractivity contribution in [1.29, 1.82) is 0 Å². The standard InChI is InChI=1S/C18H27N3O2/c1-19-10-7-17(22)20-14-18(23)21-11-8-16(9-12-21)13-15-5-3-2-4-6-15/h2-6,16,19H,7-14H2,1H3,(H,20,22). The lowest BCUT2D eigenvalue weighted by Gasteiger charge is -2.32. The van der Waals surface area contributed by atoms with Crippen LogP contribution in [0.25, 0.3) is 0 Å². The molecule has 1 aliphatic rings. The number of carbonyl (C=O) groups is 2. The summed E-state index contributed by atoms with van der Waals surface area (Å²) in [4.78, 5) is 25.5. The largest absolute Gasteiger partial charge is 0.347 e. The molecule has 2 amide bonds. The van der Waals surface area contributed by atoms with Gasteiger partial charge in [0.1, 0.15) is 0 Å². The Morgan fingerprint density at radius 1 is 1.17 bits per heavy atom. The van der Waals surface area contributed by atoms with Gasteiger partial charge in [-0.2, -0.15) is 0 Å². The van der Waals surface area contributed by atoms with Gasteiger partial charge in [0.2, 0.25) is 11.8 Å². The fourth-order valence-electron chi connectivity index (χ4n) is 2.95. The molecular formula is C18H27N3O2. The lowest BCUT2D eigenvalue weighted by Crippen LogP contribution is -2.44. The quantitative estimate of drug-likeness (QED) is 0.794. The van der Waals surface area contributed by atoms with Crippen molar-refractivity contribution in [2.24, 2.45) is 5.92 Å². The van der Waals surface area contributed by atoms with Crippen molar-refractivity contribution in [2.45, 2.75) is 25.7 Å². The fourth-order valence-corrected chi connectivity index (χ4v) is 2.95. The van der Waals surface area contributed by atoms with Gasteiger partial charge >= 0.3 is 0 Å². The average molecular weight is 317 g/mol. The van der Waals surface area contributed by atoms with Crippen LogP contribution in [-0.2, 0) is 16.0 Å². The Hall–Kier alpha value is -1.88. The van der Waals surface area contributed by atoms with Crippen LogP contribution in [0.15, 0.2) is 30.3 Å². The highest BCUT2D eigenvalue weighted by Gasteiger charge is 2.22. The molecule has 0 bridgehead atoms. The molecule has 1 aromatic carbocycles. The first kappa shape index (κ1) is 17.5. The van der Waals surface area contributed by atoms with Crippen LogP contribution in [0, 0.1) is 5.92 Å². The zero-order valence-electron chi connectivity index (χ0n) is 13.9. The van der Waals surface area contributed by atoms with Crippen molar-refractivity contribution in [2.75, 3.05) is 33.2 Å². The first-order valence-electron chi connectivity index (χ1n) is 8.42. The number of likely N-dealkylation sites (tertiary alicyclic amines) is 1. The van der Waals surface area contributed by atoms with Gasteiger partial charge in [0.25, 0.3) is 0 Å². The van der Waals surface area contributed by atoms with Crippen molar-refractivity contribution >= 4 is 11.8 Å². The van der Waals surface area contributed by atoms with Gasteiger partial charge in [-0.05, 0) is 37.8 Å². The summed E-state index contributed by atoms with van der Waals surface area (Å²) in [6.45, 7) is 2.34. The molecule has 1 fully saturated rings.